The van der Waals surface area contributed by atoms with Crippen molar-refractivity contribution in [1.82, 2.24) is 15.1 Å². The molecule has 0 bridgehead atoms. The van der Waals surface area contributed by atoms with Gasteiger partial charge in [-0.2, -0.15) is 5.10 Å². The minimum Gasteiger partial charge on any atom is -0.497 e. The third kappa shape index (κ3) is 3.83. The molecule has 0 aliphatic carbocycles. The largest absolute Gasteiger partial charge is 0.497 e. The fraction of sp³-hybridized carbons (Fsp3) is 0.400. The highest BCUT2D eigenvalue weighted by molar-refractivity contribution is 5.30. The molecule has 0 radical (unpaired) electrons. The predicted octanol–water partition coefficient (Wildman–Crippen LogP) is 2.32. The zero-order valence-electron chi connectivity index (χ0n) is 11.8. The third-order valence-corrected chi connectivity index (χ3v) is 3.22. The zero-order chi connectivity index (χ0) is 13.7. The van der Waals surface area contributed by atoms with Gasteiger partial charge in [-0.25, -0.2) is 0 Å². The Morgan fingerprint density at radius 1 is 1.42 bits per heavy atom. The highest BCUT2D eigenvalue weighted by Crippen LogP contribution is 2.18. The first kappa shape index (κ1) is 13.6. The lowest BCUT2D eigenvalue weighted by molar-refractivity contribution is 0.413. The molecule has 1 heterocycles. The number of aryl methyl sites for hydroxylation is 1. The summed E-state index contributed by atoms with van der Waals surface area (Å²) in [4.78, 5) is 0. The molecule has 0 aliphatic rings. The highest BCUT2D eigenvalue weighted by Gasteiger charge is 2.05. The summed E-state index contributed by atoms with van der Waals surface area (Å²) < 4.78 is 7.08. The lowest BCUT2D eigenvalue weighted by Crippen LogP contribution is -2.21. The number of nitrogens with zero attached hydrogens (tertiary/aromatic N) is 2. The van der Waals surface area contributed by atoms with E-state index < -0.39 is 0 Å². The molecule has 1 atom stereocenters. The topological polar surface area (TPSA) is 39.1 Å². The second-order valence-corrected chi connectivity index (χ2v) is 4.72. The molecule has 2 rings (SSSR count). The quantitative estimate of drug-likeness (QED) is 0.865. The van der Waals surface area contributed by atoms with Crippen LogP contribution in [0.3, 0.4) is 0 Å². The van der Waals surface area contributed by atoms with Gasteiger partial charge in [0.1, 0.15) is 5.75 Å². The van der Waals surface area contributed by atoms with Gasteiger partial charge in [0.2, 0.25) is 0 Å². The number of nitrogens with one attached hydrogen (secondary N) is 1. The Balaban J connectivity index is 1.85. The van der Waals surface area contributed by atoms with E-state index in [1.54, 1.807) is 7.11 Å². The maximum atomic E-state index is 5.24. The normalized spacial score (nSPS) is 12.4. The van der Waals surface area contributed by atoms with Crippen LogP contribution >= 0.6 is 0 Å². The van der Waals surface area contributed by atoms with E-state index in [2.05, 4.69) is 35.7 Å². The monoisotopic (exact) mass is 259 g/mol. The molecule has 0 spiro atoms. The van der Waals surface area contributed by atoms with Crippen molar-refractivity contribution < 1.29 is 4.74 Å². The van der Waals surface area contributed by atoms with Gasteiger partial charge in [-0.15, -0.1) is 0 Å². The maximum absolute atomic E-state index is 5.24. The van der Waals surface area contributed by atoms with Crippen molar-refractivity contribution in [2.24, 2.45) is 7.05 Å². The molecule has 0 saturated heterocycles. The summed E-state index contributed by atoms with van der Waals surface area (Å²) >= 11 is 0. The second-order valence-electron chi connectivity index (χ2n) is 4.72. The van der Waals surface area contributed by atoms with Gasteiger partial charge in [-0.1, -0.05) is 12.1 Å². The summed E-state index contributed by atoms with van der Waals surface area (Å²) in [6.45, 7) is 3.10. The summed E-state index contributed by atoms with van der Waals surface area (Å²) in [6, 6.07) is 8.48. The molecule has 0 fully saturated rings. The highest BCUT2D eigenvalue weighted by atomic mass is 16.5. The molecule has 0 amide bonds. The van der Waals surface area contributed by atoms with Gasteiger partial charge in [-0.05, 0) is 43.1 Å². The first-order valence-electron chi connectivity index (χ1n) is 6.54. The van der Waals surface area contributed by atoms with Gasteiger partial charge in [0.15, 0.2) is 0 Å². The molecular weight excluding hydrogens is 238 g/mol. The van der Waals surface area contributed by atoms with E-state index in [0.29, 0.717) is 6.04 Å². The van der Waals surface area contributed by atoms with Gasteiger partial charge < -0.3 is 10.1 Å². The molecule has 4 nitrogen and oxygen atoms in total. The number of hydrogen-bond donors (Lipinski definition) is 1. The zero-order valence-corrected chi connectivity index (χ0v) is 11.8. The van der Waals surface area contributed by atoms with Crippen LogP contribution in [0, 0.1) is 0 Å². The molecule has 0 saturated carbocycles. The van der Waals surface area contributed by atoms with Gasteiger partial charge in [0.05, 0.1) is 13.3 Å². The molecule has 1 N–H and O–H groups in total. The molecule has 1 aromatic heterocycles. The number of ether oxygens (including phenoxy) is 1. The summed E-state index contributed by atoms with van der Waals surface area (Å²) in [6.07, 6.45) is 4.96. The first-order valence-corrected chi connectivity index (χ1v) is 6.54. The summed E-state index contributed by atoms with van der Waals surface area (Å²) in [7, 11) is 3.63. The molecular formula is C15H21N3O. The molecule has 4 heteroatoms. The summed E-state index contributed by atoms with van der Waals surface area (Å²) in [5, 5.41) is 7.68. The Morgan fingerprint density at radius 2 is 2.26 bits per heavy atom. The lowest BCUT2D eigenvalue weighted by Gasteiger charge is -2.14. The lowest BCUT2D eigenvalue weighted by atomic mass is 10.1. The van der Waals surface area contributed by atoms with Gasteiger partial charge in [0.25, 0.3) is 0 Å². The van der Waals surface area contributed by atoms with Crippen molar-refractivity contribution in [1.29, 1.82) is 0 Å². The molecule has 1 aromatic carbocycles. The molecule has 102 valence electrons. The average Bonchev–Trinajstić information content (AvgIpc) is 2.84. The minimum absolute atomic E-state index is 0.312. The van der Waals surface area contributed by atoms with Gasteiger partial charge >= 0.3 is 0 Å². The Bertz CT molecular complexity index is 522. The van der Waals surface area contributed by atoms with Crippen molar-refractivity contribution in [2.75, 3.05) is 13.7 Å². The van der Waals surface area contributed by atoms with Crippen LogP contribution in [0.15, 0.2) is 36.7 Å². The number of methoxy groups -OCH3 is 1. The first-order chi connectivity index (χ1) is 9.19. The van der Waals surface area contributed by atoms with Crippen LogP contribution in [-0.2, 0) is 13.5 Å². The number of benzene rings is 1. The van der Waals surface area contributed by atoms with Gasteiger partial charge in [0, 0.05) is 19.3 Å². The third-order valence-electron chi connectivity index (χ3n) is 3.22. The predicted molar refractivity (Wildman–Crippen MR) is 76.3 cm³/mol. The van der Waals surface area contributed by atoms with E-state index in [9.17, 15) is 0 Å². The second kappa shape index (κ2) is 6.38. The van der Waals surface area contributed by atoms with Crippen molar-refractivity contribution in [3.05, 3.63) is 47.8 Å². The maximum Gasteiger partial charge on any atom is 0.119 e. The average molecular weight is 259 g/mol. The Labute approximate surface area is 114 Å². The number of rotatable bonds is 6. The van der Waals surface area contributed by atoms with Crippen LogP contribution in [0.25, 0.3) is 0 Å². The molecule has 19 heavy (non-hydrogen) atoms. The van der Waals surface area contributed by atoms with E-state index in [1.807, 2.05) is 30.1 Å². The number of aromatic nitrogens is 2. The van der Waals surface area contributed by atoms with Crippen molar-refractivity contribution in [3.8, 4) is 5.75 Å². The van der Waals surface area contributed by atoms with Crippen molar-refractivity contribution in [3.63, 3.8) is 0 Å². The van der Waals surface area contributed by atoms with E-state index in [1.165, 1.54) is 11.1 Å². The minimum atomic E-state index is 0.312. The van der Waals surface area contributed by atoms with Crippen LogP contribution in [0.2, 0.25) is 0 Å². The van der Waals surface area contributed by atoms with E-state index in [0.717, 1.165) is 18.7 Å². The molecule has 0 aliphatic heterocycles. The van der Waals surface area contributed by atoms with E-state index in [-0.39, 0.29) is 0 Å². The SMILES string of the molecule is COc1cccc(C(C)NCCc2cnn(C)c2)c1. The molecule has 2 aromatic rings. The van der Waals surface area contributed by atoms with Crippen LogP contribution in [0.5, 0.6) is 5.75 Å². The Morgan fingerprint density at radius 3 is 2.95 bits per heavy atom. The van der Waals surface area contributed by atoms with Crippen molar-refractivity contribution in [2.45, 2.75) is 19.4 Å². The number of hydrogen-bond acceptors (Lipinski definition) is 3. The summed E-state index contributed by atoms with van der Waals surface area (Å²) in [5.74, 6) is 0.901. The molecule has 1 unspecified atom stereocenters. The van der Waals surface area contributed by atoms with Crippen LogP contribution < -0.4 is 10.1 Å². The van der Waals surface area contributed by atoms with Crippen LogP contribution in [0.1, 0.15) is 24.1 Å². The van der Waals surface area contributed by atoms with Crippen molar-refractivity contribution >= 4 is 0 Å². The van der Waals surface area contributed by atoms with Gasteiger partial charge in [-0.3, -0.25) is 4.68 Å². The van der Waals surface area contributed by atoms with Crippen LogP contribution in [0.4, 0.5) is 0 Å². The smallest absolute Gasteiger partial charge is 0.119 e. The standard InChI is InChI=1S/C15H21N3O/c1-12(14-5-4-6-15(9-14)19-3)16-8-7-13-10-17-18(2)11-13/h4-6,9-12,16H,7-8H2,1-3H3. The van der Waals surface area contributed by atoms with E-state index in [4.69, 9.17) is 4.74 Å². The fourth-order valence-corrected chi connectivity index (χ4v) is 2.06. The summed E-state index contributed by atoms with van der Waals surface area (Å²) in [5.41, 5.74) is 2.50. The Hall–Kier alpha value is -1.81. The van der Waals surface area contributed by atoms with Crippen LogP contribution in [-0.4, -0.2) is 23.4 Å². The Kier molecular flexibility index (Phi) is 4.58. The fourth-order valence-electron chi connectivity index (χ4n) is 2.06. The van der Waals surface area contributed by atoms with E-state index >= 15 is 0 Å².